The summed E-state index contributed by atoms with van der Waals surface area (Å²) in [7, 11) is -1.77. The molecule has 2 saturated heterocycles. The lowest BCUT2D eigenvalue weighted by atomic mass is 10.1. The molecule has 0 aromatic carbocycles. The average Bonchev–Trinajstić information content (AvgIpc) is 2.93. The number of hydrogen-bond donors (Lipinski definition) is 2. The molecule has 2 aliphatic rings. The normalized spacial score (nSPS) is 40.5. The van der Waals surface area contributed by atoms with Crippen molar-refractivity contribution in [3.8, 4) is 0 Å². The molecule has 2 heterocycles. The first kappa shape index (κ1) is 16.9. The van der Waals surface area contributed by atoms with Crippen LogP contribution in [0.1, 0.15) is 0 Å². The van der Waals surface area contributed by atoms with Gasteiger partial charge in [0.1, 0.15) is 12.2 Å². The third-order valence-corrected chi connectivity index (χ3v) is 6.01. The molecule has 2 N–H and O–H groups in total. The molecule has 0 aliphatic carbocycles. The predicted octanol–water partition coefficient (Wildman–Crippen LogP) is 0.595. The minimum Gasteiger partial charge on any atom is -0.394 e. The van der Waals surface area contributed by atoms with Crippen LogP contribution in [0, 0.1) is 0 Å². The number of hydrogen-bond acceptors (Lipinski definition) is 5. The van der Waals surface area contributed by atoms with Gasteiger partial charge in [0, 0.05) is 32.0 Å². The zero-order valence-corrected chi connectivity index (χ0v) is 13.5. The molecule has 2 fully saturated rings. The van der Waals surface area contributed by atoms with E-state index in [1.165, 1.54) is 7.11 Å². The summed E-state index contributed by atoms with van der Waals surface area (Å²) in [6, 6.07) is -0.385. The van der Waals surface area contributed by atoms with Gasteiger partial charge < -0.3 is 14.6 Å². The minimum atomic E-state index is -3.25. The molecule has 0 aromatic heterocycles. The van der Waals surface area contributed by atoms with E-state index in [1.807, 2.05) is 0 Å². The monoisotopic (exact) mass is 348 g/mol. The number of nitrogens with zero attached hydrogens (tertiary/aromatic N) is 1. The molecule has 0 amide bonds. The van der Waals surface area contributed by atoms with Crippen LogP contribution in [0.2, 0.25) is 0 Å². The van der Waals surface area contributed by atoms with Gasteiger partial charge in [-0.05, 0) is 0 Å². The highest BCUT2D eigenvalue weighted by Gasteiger charge is 2.57. The maximum atomic E-state index is 12.9. The van der Waals surface area contributed by atoms with Crippen LogP contribution in [0.3, 0.4) is 0 Å². The minimum absolute atomic E-state index is 0.206. The van der Waals surface area contributed by atoms with Gasteiger partial charge in [-0.1, -0.05) is 0 Å². The van der Waals surface area contributed by atoms with Gasteiger partial charge >= 0.3 is 7.67 Å². The van der Waals surface area contributed by atoms with E-state index in [4.69, 9.17) is 37.2 Å². The van der Waals surface area contributed by atoms with Crippen molar-refractivity contribution in [2.45, 2.75) is 24.5 Å². The molecule has 118 valence electrons. The molecule has 0 radical (unpaired) electrons. The van der Waals surface area contributed by atoms with Gasteiger partial charge in [-0.2, -0.15) is 0 Å². The van der Waals surface area contributed by atoms with Crippen LogP contribution in [0.5, 0.6) is 0 Å². The summed E-state index contributed by atoms with van der Waals surface area (Å²) in [5, 5.41) is 12.3. The van der Waals surface area contributed by atoms with E-state index in [9.17, 15) is 9.67 Å². The van der Waals surface area contributed by atoms with Gasteiger partial charge in [0.15, 0.2) is 6.29 Å². The number of aliphatic hydroxyl groups excluding tert-OH is 1. The largest absolute Gasteiger partial charge is 0.394 e. The van der Waals surface area contributed by atoms with Crippen molar-refractivity contribution in [1.82, 2.24) is 9.76 Å². The Kier molecular flexibility index (Phi) is 6.11. The Morgan fingerprint density at radius 3 is 2.55 bits per heavy atom. The smallest absolute Gasteiger partial charge is 0.344 e. The lowest BCUT2D eigenvalue weighted by Gasteiger charge is -2.28. The molecule has 5 unspecified atom stereocenters. The fourth-order valence-electron chi connectivity index (χ4n) is 2.44. The molecule has 10 heteroatoms. The molecule has 7 nitrogen and oxygen atoms in total. The van der Waals surface area contributed by atoms with E-state index < -0.39 is 26.2 Å². The summed E-state index contributed by atoms with van der Waals surface area (Å²) in [6.07, 6.45) is -1.71. The molecular formula is C10H19Cl2N2O5P. The Bertz CT molecular complexity index is 350. The summed E-state index contributed by atoms with van der Waals surface area (Å²) in [5.74, 6) is 0.629. The molecule has 0 spiro atoms. The number of methoxy groups -OCH3 is 1. The quantitative estimate of drug-likeness (QED) is 0.515. The number of fused-ring (bicyclic) bond motifs is 1. The Hall–Kier alpha value is 0.570. The van der Waals surface area contributed by atoms with Crippen LogP contribution in [-0.4, -0.2) is 72.9 Å². The first-order valence-corrected chi connectivity index (χ1v) is 8.97. The number of halogens is 2. The molecule has 5 atom stereocenters. The molecule has 20 heavy (non-hydrogen) atoms. The van der Waals surface area contributed by atoms with E-state index in [1.54, 1.807) is 4.67 Å². The van der Waals surface area contributed by atoms with Crippen molar-refractivity contribution in [1.29, 1.82) is 0 Å². The second-order valence-electron chi connectivity index (χ2n) is 4.54. The van der Waals surface area contributed by atoms with Gasteiger partial charge in [0.25, 0.3) is 0 Å². The molecule has 2 rings (SSSR count). The van der Waals surface area contributed by atoms with E-state index in [-0.39, 0.29) is 12.6 Å². The van der Waals surface area contributed by atoms with Crippen molar-refractivity contribution in [2.24, 2.45) is 0 Å². The Labute approximate surface area is 128 Å². The second kappa shape index (κ2) is 7.22. The first-order valence-electron chi connectivity index (χ1n) is 6.32. The number of alkyl halides is 2. The van der Waals surface area contributed by atoms with Crippen LogP contribution >= 0.6 is 30.9 Å². The van der Waals surface area contributed by atoms with E-state index in [0.29, 0.717) is 24.8 Å². The SMILES string of the molecule is COC1OC(CO)C2NP(=O)(N(CCCl)CCCl)OC12. The van der Waals surface area contributed by atoms with Gasteiger partial charge in [-0.15, -0.1) is 23.2 Å². The highest BCUT2D eigenvalue weighted by Crippen LogP contribution is 2.56. The standard InChI is InChI=1S/C10H19Cl2N2O5P/c1-17-10-9-8(7(6-15)18-10)13-20(16,19-9)14(4-2-11)5-3-12/h7-10,15H,2-6H2,1H3,(H,13,16). The summed E-state index contributed by atoms with van der Waals surface area (Å²) in [6.45, 7) is 0.572. The zero-order chi connectivity index (χ0) is 14.8. The lowest BCUT2D eigenvalue weighted by molar-refractivity contribution is -0.149. The van der Waals surface area contributed by atoms with E-state index in [0.717, 1.165) is 0 Å². The number of aliphatic hydroxyl groups is 1. The molecule has 2 aliphatic heterocycles. The molecular weight excluding hydrogens is 330 g/mol. The fraction of sp³-hybridized carbons (Fsp3) is 1.00. The zero-order valence-electron chi connectivity index (χ0n) is 11.1. The number of rotatable bonds is 7. The van der Waals surface area contributed by atoms with E-state index in [2.05, 4.69) is 5.09 Å². The average molecular weight is 349 g/mol. The van der Waals surface area contributed by atoms with Gasteiger partial charge in [0.2, 0.25) is 0 Å². The highest BCUT2D eigenvalue weighted by molar-refractivity contribution is 7.54. The summed E-state index contributed by atoms with van der Waals surface area (Å²) < 4.78 is 30.8. The van der Waals surface area contributed by atoms with Crippen LogP contribution in [0.25, 0.3) is 0 Å². The predicted molar refractivity (Wildman–Crippen MR) is 75.2 cm³/mol. The van der Waals surface area contributed by atoms with Crippen LogP contribution < -0.4 is 5.09 Å². The fourth-order valence-corrected chi connectivity index (χ4v) is 5.41. The lowest BCUT2D eigenvalue weighted by Crippen LogP contribution is -2.39. The van der Waals surface area contributed by atoms with Crippen molar-refractivity contribution in [3.05, 3.63) is 0 Å². The number of ether oxygens (including phenoxy) is 2. The van der Waals surface area contributed by atoms with Crippen LogP contribution in [0.15, 0.2) is 0 Å². The Morgan fingerprint density at radius 2 is 2.05 bits per heavy atom. The van der Waals surface area contributed by atoms with Crippen molar-refractivity contribution < 1.29 is 23.7 Å². The molecule has 0 saturated carbocycles. The summed E-state index contributed by atoms with van der Waals surface area (Å²) in [5.41, 5.74) is 0. The first-order chi connectivity index (χ1) is 9.59. The maximum Gasteiger partial charge on any atom is 0.344 e. The van der Waals surface area contributed by atoms with Crippen LogP contribution in [-0.2, 0) is 18.6 Å². The second-order valence-corrected chi connectivity index (χ2v) is 7.37. The van der Waals surface area contributed by atoms with Crippen molar-refractivity contribution in [2.75, 3.05) is 38.6 Å². The van der Waals surface area contributed by atoms with Crippen molar-refractivity contribution >= 4 is 30.9 Å². The third-order valence-electron chi connectivity index (χ3n) is 3.38. The Balaban J connectivity index is 2.14. The molecule has 0 bridgehead atoms. The summed E-state index contributed by atoms with van der Waals surface area (Å²) >= 11 is 11.5. The highest BCUT2D eigenvalue weighted by atomic mass is 35.5. The summed E-state index contributed by atoms with van der Waals surface area (Å²) in [4.78, 5) is 0. The maximum absolute atomic E-state index is 12.9. The van der Waals surface area contributed by atoms with Gasteiger partial charge in [0.05, 0.1) is 12.6 Å². The topological polar surface area (TPSA) is 80.3 Å². The third kappa shape index (κ3) is 3.16. The molecule has 0 aromatic rings. The van der Waals surface area contributed by atoms with Gasteiger partial charge in [-0.3, -0.25) is 9.09 Å². The number of nitrogens with one attached hydrogen (secondary N) is 1. The van der Waals surface area contributed by atoms with Crippen LogP contribution in [0.4, 0.5) is 0 Å². The van der Waals surface area contributed by atoms with Crippen molar-refractivity contribution in [3.63, 3.8) is 0 Å². The van der Waals surface area contributed by atoms with Gasteiger partial charge in [-0.25, -0.2) is 9.76 Å². The Morgan fingerprint density at radius 1 is 1.40 bits per heavy atom. The van der Waals surface area contributed by atoms with E-state index >= 15 is 0 Å².